The van der Waals surface area contributed by atoms with Crippen molar-refractivity contribution in [2.45, 2.75) is 37.3 Å². The van der Waals surface area contributed by atoms with Crippen LogP contribution < -0.4 is 5.32 Å². The molecule has 2 aliphatic rings. The van der Waals surface area contributed by atoms with Gasteiger partial charge in [0.2, 0.25) is 0 Å². The first-order valence-corrected chi connectivity index (χ1v) is 5.24. The van der Waals surface area contributed by atoms with Gasteiger partial charge in [-0.1, -0.05) is 6.07 Å². The van der Waals surface area contributed by atoms with Crippen molar-refractivity contribution in [1.29, 1.82) is 0 Å². The highest BCUT2D eigenvalue weighted by molar-refractivity contribution is 5.53. The number of aliphatic hydroxyl groups is 1. The van der Waals surface area contributed by atoms with Gasteiger partial charge in [0, 0.05) is 18.2 Å². The van der Waals surface area contributed by atoms with Crippen LogP contribution in [0.2, 0.25) is 0 Å². The third-order valence-corrected chi connectivity index (χ3v) is 3.38. The number of pyridine rings is 1. The first-order chi connectivity index (χ1) is 6.84. The van der Waals surface area contributed by atoms with Crippen LogP contribution in [0.3, 0.4) is 0 Å². The van der Waals surface area contributed by atoms with Gasteiger partial charge in [0.1, 0.15) is 5.82 Å². The summed E-state index contributed by atoms with van der Waals surface area (Å²) in [4.78, 5) is 4.32. The summed E-state index contributed by atoms with van der Waals surface area (Å²) in [6.07, 6.45) is 4.56. The number of nitrogens with zero attached hydrogens (tertiary/aromatic N) is 1. The molecule has 3 rings (SSSR count). The van der Waals surface area contributed by atoms with Crippen molar-refractivity contribution >= 4 is 5.82 Å². The predicted octanol–water partition coefficient (Wildman–Crippen LogP) is 1.50. The molecule has 74 valence electrons. The fraction of sp³-hybridized carbons (Fsp3) is 0.545. The van der Waals surface area contributed by atoms with Crippen LogP contribution in [-0.2, 0) is 0 Å². The molecule has 0 bridgehead atoms. The zero-order chi connectivity index (χ0) is 9.54. The molecule has 1 aromatic rings. The lowest BCUT2D eigenvalue weighted by Crippen LogP contribution is -2.30. The molecule has 1 saturated carbocycles. The maximum absolute atomic E-state index is 9.63. The molecule has 3 heteroatoms. The number of aliphatic hydroxyl groups excluding tert-OH is 1. The van der Waals surface area contributed by atoms with Crippen LogP contribution in [0.4, 0.5) is 5.82 Å². The molecule has 0 radical (unpaired) electrons. The van der Waals surface area contributed by atoms with Crippen molar-refractivity contribution in [3.8, 4) is 0 Å². The molecule has 1 aromatic heterocycles. The number of fused-ring (bicyclic) bond motifs is 3. The van der Waals surface area contributed by atoms with Crippen LogP contribution in [-0.4, -0.2) is 22.2 Å². The molecule has 0 spiro atoms. The smallest absolute Gasteiger partial charge is 0.129 e. The van der Waals surface area contributed by atoms with E-state index in [1.165, 1.54) is 5.56 Å². The topological polar surface area (TPSA) is 45.1 Å². The zero-order valence-corrected chi connectivity index (χ0v) is 7.98. The fourth-order valence-electron chi connectivity index (χ4n) is 2.68. The van der Waals surface area contributed by atoms with E-state index in [-0.39, 0.29) is 6.10 Å². The number of rotatable bonds is 0. The van der Waals surface area contributed by atoms with E-state index in [1.54, 1.807) is 0 Å². The summed E-state index contributed by atoms with van der Waals surface area (Å²) >= 11 is 0. The lowest BCUT2D eigenvalue weighted by molar-refractivity contribution is 0.117. The number of hydrogen-bond donors (Lipinski definition) is 2. The number of hydrogen-bond acceptors (Lipinski definition) is 3. The summed E-state index contributed by atoms with van der Waals surface area (Å²) in [6, 6.07) is 4.60. The number of anilines is 1. The van der Waals surface area contributed by atoms with Gasteiger partial charge in [-0.2, -0.15) is 0 Å². The monoisotopic (exact) mass is 190 g/mol. The van der Waals surface area contributed by atoms with Gasteiger partial charge in [-0.3, -0.25) is 0 Å². The Morgan fingerprint density at radius 2 is 2.36 bits per heavy atom. The minimum atomic E-state index is -0.121. The molecule has 0 saturated heterocycles. The molecule has 3 unspecified atom stereocenters. The highest BCUT2D eigenvalue weighted by Crippen LogP contribution is 2.42. The molecule has 3 nitrogen and oxygen atoms in total. The third kappa shape index (κ3) is 1.12. The summed E-state index contributed by atoms with van der Waals surface area (Å²) in [5, 5.41) is 13.1. The molecule has 3 atom stereocenters. The molecule has 1 aliphatic carbocycles. The second kappa shape index (κ2) is 2.95. The van der Waals surface area contributed by atoms with Crippen molar-refractivity contribution in [2.24, 2.45) is 0 Å². The Hall–Kier alpha value is -1.09. The van der Waals surface area contributed by atoms with E-state index in [0.717, 1.165) is 25.1 Å². The maximum atomic E-state index is 9.63. The van der Waals surface area contributed by atoms with Crippen LogP contribution in [0.15, 0.2) is 18.3 Å². The largest absolute Gasteiger partial charge is 0.393 e. The average molecular weight is 190 g/mol. The number of aromatic nitrogens is 1. The lowest BCUT2D eigenvalue weighted by atomic mass is 9.81. The van der Waals surface area contributed by atoms with Gasteiger partial charge in [-0.25, -0.2) is 4.98 Å². The van der Waals surface area contributed by atoms with Crippen LogP contribution >= 0.6 is 0 Å². The van der Waals surface area contributed by atoms with Crippen molar-refractivity contribution in [3.63, 3.8) is 0 Å². The van der Waals surface area contributed by atoms with Crippen LogP contribution in [0, 0.1) is 0 Å². The molecule has 1 aliphatic heterocycles. The molecule has 0 aromatic carbocycles. The van der Waals surface area contributed by atoms with Crippen molar-refractivity contribution < 1.29 is 5.11 Å². The van der Waals surface area contributed by atoms with Gasteiger partial charge in [-0.05, 0) is 30.9 Å². The lowest BCUT2D eigenvalue weighted by Gasteiger charge is -2.28. The first-order valence-electron chi connectivity index (χ1n) is 5.24. The Labute approximate surface area is 83.2 Å². The highest BCUT2D eigenvalue weighted by Gasteiger charge is 2.37. The molecule has 2 heterocycles. The zero-order valence-electron chi connectivity index (χ0n) is 7.98. The van der Waals surface area contributed by atoms with E-state index in [4.69, 9.17) is 0 Å². The second-order valence-electron chi connectivity index (χ2n) is 4.27. The van der Waals surface area contributed by atoms with E-state index in [2.05, 4.69) is 16.4 Å². The SMILES string of the molecule is OC1CCC2Nc3ncccc3C2C1. The Bertz CT molecular complexity index is 353. The summed E-state index contributed by atoms with van der Waals surface area (Å²) in [7, 11) is 0. The van der Waals surface area contributed by atoms with Crippen molar-refractivity contribution in [2.75, 3.05) is 5.32 Å². The van der Waals surface area contributed by atoms with Gasteiger partial charge in [0.25, 0.3) is 0 Å². The van der Waals surface area contributed by atoms with Gasteiger partial charge >= 0.3 is 0 Å². The Morgan fingerprint density at radius 3 is 3.29 bits per heavy atom. The second-order valence-corrected chi connectivity index (χ2v) is 4.27. The fourth-order valence-corrected chi connectivity index (χ4v) is 2.68. The Balaban J connectivity index is 1.97. The normalized spacial score (nSPS) is 34.5. The summed E-state index contributed by atoms with van der Waals surface area (Å²) < 4.78 is 0. The molecule has 2 N–H and O–H groups in total. The molecular formula is C11H14N2O. The van der Waals surface area contributed by atoms with Crippen LogP contribution in [0.1, 0.15) is 30.7 Å². The minimum Gasteiger partial charge on any atom is -0.393 e. The highest BCUT2D eigenvalue weighted by atomic mass is 16.3. The molecule has 0 amide bonds. The van der Waals surface area contributed by atoms with Gasteiger partial charge in [-0.15, -0.1) is 0 Å². The average Bonchev–Trinajstić information content (AvgIpc) is 2.56. The van der Waals surface area contributed by atoms with E-state index < -0.39 is 0 Å². The summed E-state index contributed by atoms with van der Waals surface area (Å²) in [5.74, 6) is 1.50. The quantitative estimate of drug-likeness (QED) is 0.651. The van der Waals surface area contributed by atoms with Crippen LogP contribution in [0.5, 0.6) is 0 Å². The first kappa shape index (κ1) is 8.24. The van der Waals surface area contributed by atoms with Crippen molar-refractivity contribution in [1.82, 2.24) is 4.98 Å². The number of nitrogens with one attached hydrogen (secondary N) is 1. The standard InChI is InChI=1S/C11H14N2O/c14-7-3-4-10-9(6-7)8-2-1-5-12-11(8)13-10/h1-2,5,7,9-10,14H,3-4,6H2,(H,12,13). The van der Waals surface area contributed by atoms with Gasteiger partial charge in [0.05, 0.1) is 6.10 Å². The maximum Gasteiger partial charge on any atom is 0.129 e. The van der Waals surface area contributed by atoms with Crippen molar-refractivity contribution in [3.05, 3.63) is 23.9 Å². The third-order valence-electron chi connectivity index (χ3n) is 3.38. The van der Waals surface area contributed by atoms with E-state index in [0.29, 0.717) is 12.0 Å². The van der Waals surface area contributed by atoms with Gasteiger partial charge in [0.15, 0.2) is 0 Å². The van der Waals surface area contributed by atoms with E-state index in [9.17, 15) is 5.11 Å². The molecule has 1 fully saturated rings. The Kier molecular flexibility index (Phi) is 1.74. The predicted molar refractivity (Wildman–Crippen MR) is 54.2 cm³/mol. The molecule has 14 heavy (non-hydrogen) atoms. The van der Waals surface area contributed by atoms with Gasteiger partial charge < -0.3 is 10.4 Å². The summed E-state index contributed by atoms with van der Waals surface area (Å²) in [5.41, 5.74) is 1.29. The molecular weight excluding hydrogens is 176 g/mol. The summed E-state index contributed by atoms with van der Waals surface area (Å²) in [6.45, 7) is 0. The minimum absolute atomic E-state index is 0.121. The Morgan fingerprint density at radius 1 is 1.43 bits per heavy atom. The van der Waals surface area contributed by atoms with E-state index >= 15 is 0 Å². The van der Waals surface area contributed by atoms with E-state index in [1.807, 2.05) is 12.3 Å². The van der Waals surface area contributed by atoms with Crippen LogP contribution in [0.25, 0.3) is 0 Å².